The highest BCUT2D eigenvalue weighted by atomic mass is 16.5. The third-order valence-corrected chi connectivity index (χ3v) is 5.54. The van der Waals surface area contributed by atoms with E-state index < -0.39 is 0 Å². The average molecular weight is 355 g/mol. The number of carbonyl (C=O) groups excluding carboxylic acids is 1. The molecule has 0 unspecified atom stereocenters. The van der Waals surface area contributed by atoms with Gasteiger partial charge in [0.2, 0.25) is 0 Å². The molecule has 138 valence electrons. The van der Waals surface area contributed by atoms with Crippen LogP contribution in [0.3, 0.4) is 0 Å². The minimum atomic E-state index is -0.0854. The molecule has 2 fully saturated rings. The van der Waals surface area contributed by atoms with Crippen LogP contribution in [-0.2, 0) is 11.8 Å². The second kappa shape index (κ2) is 6.79. The fraction of sp³-hybridized carbons (Fsp3) is 0.579. The Morgan fingerprint density at radius 3 is 2.85 bits per heavy atom. The van der Waals surface area contributed by atoms with Gasteiger partial charge in [-0.25, -0.2) is 9.97 Å². The molecule has 2 aromatic rings. The number of aromatic nitrogens is 4. The zero-order valence-electron chi connectivity index (χ0n) is 15.5. The van der Waals surface area contributed by atoms with E-state index in [1.807, 2.05) is 18.7 Å². The van der Waals surface area contributed by atoms with Crippen molar-refractivity contribution < 1.29 is 9.53 Å². The lowest BCUT2D eigenvalue weighted by Crippen LogP contribution is -2.31. The maximum Gasteiger partial charge on any atom is 0.254 e. The van der Waals surface area contributed by atoms with Gasteiger partial charge in [-0.1, -0.05) is 0 Å². The Balaban J connectivity index is 1.46. The summed E-state index contributed by atoms with van der Waals surface area (Å²) in [4.78, 5) is 21.0. The molecule has 0 spiro atoms. The zero-order valence-corrected chi connectivity index (χ0v) is 15.5. The molecule has 1 N–H and O–H groups in total. The minimum absolute atomic E-state index is 0.0149. The monoisotopic (exact) mass is 355 g/mol. The summed E-state index contributed by atoms with van der Waals surface area (Å²) in [5.74, 6) is 0.578. The standard InChI is InChI=1S/C19H25N5O2/c1-11-16(12(2)24(3)23-11)18-14(6-7-26-18)8-21-19(25)15-9-20-10-22-17(15)13-4-5-13/h9-10,13-14,18H,4-8H2,1-3H3,(H,21,25)/t14-,18+/m1/s1. The quantitative estimate of drug-likeness (QED) is 0.889. The van der Waals surface area contributed by atoms with Gasteiger partial charge in [-0.05, 0) is 33.1 Å². The van der Waals surface area contributed by atoms with Crippen LogP contribution >= 0.6 is 0 Å². The van der Waals surface area contributed by atoms with Crippen molar-refractivity contribution in [3.63, 3.8) is 0 Å². The first kappa shape index (κ1) is 17.1. The highest BCUT2D eigenvalue weighted by Crippen LogP contribution is 2.40. The summed E-state index contributed by atoms with van der Waals surface area (Å²) in [7, 11) is 1.95. The Kier molecular flexibility index (Phi) is 4.48. The predicted octanol–water partition coefficient (Wildman–Crippen LogP) is 2.21. The lowest BCUT2D eigenvalue weighted by molar-refractivity contribution is 0.0839. The topological polar surface area (TPSA) is 81.9 Å². The largest absolute Gasteiger partial charge is 0.373 e. The molecule has 0 radical (unpaired) electrons. The van der Waals surface area contributed by atoms with Crippen LogP contribution in [0.2, 0.25) is 0 Å². The molecule has 1 saturated carbocycles. The Labute approximate surface area is 153 Å². The summed E-state index contributed by atoms with van der Waals surface area (Å²) in [6.07, 6.45) is 6.29. The average Bonchev–Trinajstić information content (AvgIpc) is 3.33. The van der Waals surface area contributed by atoms with Gasteiger partial charge in [0.05, 0.1) is 23.1 Å². The fourth-order valence-corrected chi connectivity index (χ4v) is 3.88. The number of ether oxygens (including phenoxy) is 1. The van der Waals surface area contributed by atoms with Crippen LogP contribution in [0.15, 0.2) is 12.5 Å². The first-order chi connectivity index (χ1) is 12.6. The lowest BCUT2D eigenvalue weighted by atomic mass is 9.94. The molecular formula is C19H25N5O2. The number of nitrogens with one attached hydrogen (secondary N) is 1. The van der Waals surface area contributed by atoms with Crippen molar-refractivity contribution >= 4 is 5.91 Å². The lowest BCUT2D eigenvalue weighted by Gasteiger charge is -2.20. The summed E-state index contributed by atoms with van der Waals surface area (Å²) in [5.41, 5.74) is 4.78. The van der Waals surface area contributed by atoms with Gasteiger partial charge in [0.25, 0.3) is 5.91 Å². The Bertz CT molecular complexity index is 827. The van der Waals surface area contributed by atoms with Crippen LogP contribution in [0.1, 0.15) is 64.3 Å². The van der Waals surface area contributed by atoms with Gasteiger partial charge in [0.15, 0.2) is 0 Å². The van der Waals surface area contributed by atoms with Gasteiger partial charge in [-0.2, -0.15) is 5.10 Å². The van der Waals surface area contributed by atoms with Crippen molar-refractivity contribution in [2.75, 3.05) is 13.2 Å². The first-order valence-corrected chi connectivity index (χ1v) is 9.26. The van der Waals surface area contributed by atoms with E-state index in [1.54, 1.807) is 6.20 Å². The second-order valence-electron chi connectivity index (χ2n) is 7.35. The molecule has 26 heavy (non-hydrogen) atoms. The molecule has 1 saturated heterocycles. The number of carbonyl (C=O) groups is 1. The number of amides is 1. The summed E-state index contributed by atoms with van der Waals surface area (Å²) in [6, 6.07) is 0. The molecular weight excluding hydrogens is 330 g/mol. The normalized spacial score (nSPS) is 22.6. The van der Waals surface area contributed by atoms with Gasteiger partial charge < -0.3 is 10.1 Å². The molecule has 1 aliphatic heterocycles. The van der Waals surface area contributed by atoms with E-state index >= 15 is 0 Å². The van der Waals surface area contributed by atoms with E-state index in [9.17, 15) is 4.79 Å². The molecule has 7 nitrogen and oxygen atoms in total. The number of rotatable bonds is 5. The molecule has 7 heteroatoms. The Hall–Kier alpha value is -2.28. The van der Waals surface area contributed by atoms with Crippen LogP contribution < -0.4 is 5.32 Å². The van der Waals surface area contributed by atoms with E-state index in [-0.39, 0.29) is 17.9 Å². The van der Waals surface area contributed by atoms with E-state index in [4.69, 9.17) is 4.74 Å². The molecule has 1 aliphatic carbocycles. The van der Waals surface area contributed by atoms with Crippen LogP contribution in [0.25, 0.3) is 0 Å². The summed E-state index contributed by atoms with van der Waals surface area (Å²) in [5, 5.41) is 7.59. The first-order valence-electron chi connectivity index (χ1n) is 9.26. The summed E-state index contributed by atoms with van der Waals surface area (Å²) < 4.78 is 7.90. The summed E-state index contributed by atoms with van der Waals surface area (Å²) in [6.45, 7) is 5.37. The van der Waals surface area contributed by atoms with Gasteiger partial charge in [-0.15, -0.1) is 0 Å². The zero-order chi connectivity index (χ0) is 18.3. The molecule has 4 rings (SSSR count). The van der Waals surface area contributed by atoms with Crippen molar-refractivity contribution in [3.05, 3.63) is 40.7 Å². The van der Waals surface area contributed by atoms with E-state index in [1.165, 1.54) is 6.33 Å². The number of aryl methyl sites for hydroxylation is 2. The van der Waals surface area contributed by atoms with Crippen LogP contribution in [0.4, 0.5) is 0 Å². The number of nitrogens with zero attached hydrogens (tertiary/aromatic N) is 4. The van der Waals surface area contributed by atoms with Crippen LogP contribution in [0.5, 0.6) is 0 Å². The van der Waals surface area contributed by atoms with Gasteiger partial charge in [0.1, 0.15) is 6.33 Å². The van der Waals surface area contributed by atoms with Gasteiger partial charge in [0, 0.05) is 49.5 Å². The molecule has 0 aromatic carbocycles. The fourth-order valence-electron chi connectivity index (χ4n) is 3.88. The van der Waals surface area contributed by atoms with E-state index in [0.29, 0.717) is 24.6 Å². The smallest absolute Gasteiger partial charge is 0.254 e. The highest BCUT2D eigenvalue weighted by Gasteiger charge is 2.34. The second-order valence-corrected chi connectivity index (χ2v) is 7.35. The molecule has 0 bridgehead atoms. The Morgan fingerprint density at radius 1 is 1.35 bits per heavy atom. The van der Waals surface area contributed by atoms with Crippen molar-refractivity contribution in [2.45, 2.75) is 45.1 Å². The predicted molar refractivity (Wildman–Crippen MR) is 95.8 cm³/mol. The van der Waals surface area contributed by atoms with Crippen LogP contribution in [0, 0.1) is 19.8 Å². The van der Waals surface area contributed by atoms with Gasteiger partial charge >= 0.3 is 0 Å². The summed E-state index contributed by atoms with van der Waals surface area (Å²) >= 11 is 0. The number of hydrogen-bond donors (Lipinski definition) is 1. The maximum atomic E-state index is 12.7. The van der Waals surface area contributed by atoms with E-state index in [0.717, 1.165) is 41.9 Å². The van der Waals surface area contributed by atoms with E-state index in [2.05, 4.69) is 27.3 Å². The van der Waals surface area contributed by atoms with Crippen molar-refractivity contribution in [1.29, 1.82) is 0 Å². The number of hydrogen-bond acceptors (Lipinski definition) is 5. The van der Waals surface area contributed by atoms with Crippen molar-refractivity contribution in [2.24, 2.45) is 13.0 Å². The van der Waals surface area contributed by atoms with Crippen molar-refractivity contribution in [1.82, 2.24) is 25.1 Å². The third kappa shape index (κ3) is 3.11. The SMILES string of the molecule is Cc1nn(C)c(C)c1[C@H]1OCC[C@@H]1CNC(=O)c1cncnc1C1CC1. The molecule has 3 heterocycles. The Morgan fingerprint density at radius 2 is 2.15 bits per heavy atom. The van der Waals surface area contributed by atoms with Crippen molar-refractivity contribution in [3.8, 4) is 0 Å². The highest BCUT2D eigenvalue weighted by molar-refractivity contribution is 5.95. The van der Waals surface area contributed by atoms with Gasteiger partial charge in [-0.3, -0.25) is 9.48 Å². The molecule has 2 atom stereocenters. The van der Waals surface area contributed by atoms with Crippen LogP contribution in [-0.4, -0.2) is 38.8 Å². The molecule has 2 aromatic heterocycles. The molecule has 1 amide bonds. The molecule has 2 aliphatic rings. The maximum absolute atomic E-state index is 12.7. The third-order valence-electron chi connectivity index (χ3n) is 5.54. The minimum Gasteiger partial charge on any atom is -0.373 e.